The van der Waals surface area contributed by atoms with Gasteiger partial charge in [0.15, 0.2) is 0 Å². The van der Waals surface area contributed by atoms with Crippen LogP contribution < -0.4 is 0 Å². The Hall–Kier alpha value is 0.0400. The summed E-state index contributed by atoms with van der Waals surface area (Å²) in [6.45, 7) is 4.50. The average molecular weight is 203 g/mol. The summed E-state index contributed by atoms with van der Waals surface area (Å²) in [6.07, 6.45) is 8.41. The van der Waals surface area contributed by atoms with Gasteiger partial charge in [-0.15, -0.1) is 12.3 Å². The first-order valence-corrected chi connectivity index (χ1v) is 4.74. The molecule has 0 radical (unpaired) electrons. The zero-order chi connectivity index (χ0) is 8.04. The Bertz CT molecular complexity index is 119. The predicted octanol–water partition coefficient (Wildman–Crippen LogP) is 3.21. The van der Waals surface area contributed by atoms with E-state index in [-0.39, 0.29) is 0 Å². The summed E-state index contributed by atoms with van der Waals surface area (Å²) in [6, 6.07) is 0. The standard InChI is InChI=1S/C9H15Br/c1-4-5-6-7-9(2,3)8-10/h1H,5-8H2,2-3H3. The molecule has 0 aromatic heterocycles. The second-order valence-corrected chi connectivity index (χ2v) is 3.92. The van der Waals surface area contributed by atoms with Crippen molar-refractivity contribution in [2.45, 2.75) is 33.1 Å². The quantitative estimate of drug-likeness (QED) is 0.374. The minimum absolute atomic E-state index is 0.414. The van der Waals surface area contributed by atoms with Crippen LogP contribution in [0.2, 0.25) is 0 Å². The summed E-state index contributed by atoms with van der Waals surface area (Å²) < 4.78 is 0. The van der Waals surface area contributed by atoms with Crippen molar-refractivity contribution in [3.05, 3.63) is 0 Å². The van der Waals surface area contributed by atoms with Crippen molar-refractivity contribution in [2.75, 3.05) is 5.33 Å². The number of alkyl halides is 1. The van der Waals surface area contributed by atoms with Crippen LogP contribution in [0.4, 0.5) is 0 Å². The van der Waals surface area contributed by atoms with E-state index in [9.17, 15) is 0 Å². The van der Waals surface area contributed by atoms with Crippen LogP contribution in [0.1, 0.15) is 33.1 Å². The lowest BCUT2D eigenvalue weighted by molar-refractivity contribution is 0.380. The van der Waals surface area contributed by atoms with Crippen molar-refractivity contribution in [3.63, 3.8) is 0 Å². The fraction of sp³-hybridized carbons (Fsp3) is 0.778. The minimum Gasteiger partial charge on any atom is -0.120 e. The van der Waals surface area contributed by atoms with Gasteiger partial charge in [-0.1, -0.05) is 29.8 Å². The molecule has 0 rings (SSSR count). The molecule has 0 unspecified atom stereocenters. The molecule has 0 aliphatic carbocycles. The second kappa shape index (κ2) is 4.79. The molecule has 0 aliphatic rings. The summed E-state index contributed by atoms with van der Waals surface area (Å²) >= 11 is 3.47. The van der Waals surface area contributed by atoms with Gasteiger partial charge in [0.05, 0.1) is 0 Å². The van der Waals surface area contributed by atoms with E-state index < -0.39 is 0 Å². The summed E-state index contributed by atoms with van der Waals surface area (Å²) in [5.41, 5.74) is 0.414. The maximum atomic E-state index is 5.14. The molecule has 0 fully saturated rings. The molecule has 0 amide bonds. The number of terminal acetylenes is 1. The van der Waals surface area contributed by atoms with E-state index in [1.807, 2.05) is 0 Å². The van der Waals surface area contributed by atoms with Gasteiger partial charge in [0.2, 0.25) is 0 Å². The van der Waals surface area contributed by atoms with Crippen LogP contribution in [0, 0.1) is 17.8 Å². The van der Waals surface area contributed by atoms with Crippen molar-refractivity contribution in [3.8, 4) is 12.3 Å². The van der Waals surface area contributed by atoms with Gasteiger partial charge in [0, 0.05) is 11.8 Å². The van der Waals surface area contributed by atoms with Crippen molar-refractivity contribution < 1.29 is 0 Å². The third-order valence-corrected chi connectivity index (χ3v) is 3.05. The number of halogens is 1. The first-order chi connectivity index (χ1) is 4.62. The Morgan fingerprint density at radius 1 is 1.50 bits per heavy atom. The molecule has 0 saturated heterocycles. The van der Waals surface area contributed by atoms with Crippen LogP contribution in [-0.2, 0) is 0 Å². The lowest BCUT2D eigenvalue weighted by Gasteiger charge is -2.20. The molecule has 58 valence electrons. The largest absolute Gasteiger partial charge is 0.120 e. The van der Waals surface area contributed by atoms with Crippen LogP contribution in [0.3, 0.4) is 0 Å². The normalized spacial score (nSPS) is 11.0. The Balaban J connectivity index is 3.39. The van der Waals surface area contributed by atoms with E-state index in [0.29, 0.717) is 5.41 Å². The van der Waals surface area contributed by atoms with Gasteiger partial charge in [-0.05, 0) is 18.3 Å². The van der Waals surface area contributed by atoms with Gasteiger partial charge in [-0.25, -0.2) is 0 Å². The Kier molecular flexibility index (Phi) is 4.81. The van der Waals surface area contributed by atoms with Crippen LogP contribution in [-0.4, -0.2) is 5.33 Å². The molecule has 0 nitrogen and oxygen atoms in total. The van der Waals surface area contributed by atoms with Gasteiger partial charge < -0.3 is 0 Å². The van der Waals surface area contributed by atoms with Gasteiger partial charge in [0.1, 0.15) is 0 Å². The second-order valence-electron chi connectivity index (χ2n) is 3.36. The fourth-order valence-corrected chi connectivity index (χ4v) is 1.02. The highest BCUT2D eigenvalue weighted by Gasteiger charge is 2.14. The summed E-state index contributed by atoms with van der Waals surface area (Å²) in [5.74, 6) is 2.65. The Morgan fingerprint density at radius 3 is 2.50 bits per heavy atom. The summed E-state index contributed by atoms with van der Waals surface area (Å²) in [7, 11) is 0. The monoisotopic (exact) mass is 202 g/mol. The first kappa shape index (κ1) is 10.0. The van der Waals surface area contributed by atoms with Crippen LogP contribution >= 0.6 is 15.9 Å². The van der Waals surface area contributed by atoms with E-state index >= 15 is 0 Å². The van der Waals surface area contributed by atoms with Crippen LogP contribution in [0.5, 0.6) is 0 Å². The molecule has 0 N–H and O–H groups in total. The lowest BCUT2D eigenvalue weighted by Crippen LogP contribution is -2.12. The number of hydrogen-bond acceptors (Lipinski definition) is 0. The molecule has 0 aliphatic heterocycles. The van der Waals surface area contributed by atoms with E-state index in [2.05, 4.69) is 35.7 Å². The van der Waals surface area contributed by atoms with E-state index in [4.69, 9.17) is 6.42 Å². The summed E-state index contributed by atoms with van der Waals surface area (Å²) in [4.78, 5) is 0. The topological polar surface area (TPSA) is 0 Å². The van der Waals surface area contributed by atoms with E-state index in [0.717, 1.165) is 18.2 Å². The van der Waals surface area contributed by atoms with Crippen molar-refractivity contribution in [2.24, 2.45) is 5.41 Å². The van der Waals surface area contributed by atoms with Gasteiger partial charge in [-0.2, -0.15) is 0 Å². The third-order valence-electron chi connectivity index (χ3n) is 1.54. The van der Waals surface area contributed by atoms with Crippen LogP contribution in [0.25, 0.3) is 0 Å². The van der Waals surface area contributed by atoms with Gasteiger partial charge in [0.25, 0.3) is 0 Å². The highest BCUT2D eigenvalue weighted by atomic mass is 79.9. The average Bonchev–Trinajstić information content (AvgIpc) is 1.89. The number of hydrogen-bond donors (Lipinski definition) is 0. The maximum Gasteiger partial charge on any atom is 0.00862 e. The maximum absolute atomic E-state index is 5.14. The first-order valence-electron chi connectivity index (χ1n) is 3.62. The molecule has 0 atom stereocenters. The SMILES string of the molecule is C#CCCCC(C)(C)CBr. The van der Waals surface area contributed by atoms with Crippen molar-refractivity contribution in [1.29, 1.82) is 0 Å². The van der Waals surface area contributed by atoms with Gasteiger partial charge in [-0.3, -0.25) is 0 Å². The van der Waals surface area contributed by atoms with Crippen molar-refractivity contribution in [1.82, 2.24) is 0 Å². The lowest BCUT2D eigenvalue weighted by atomic mass is 9.90. The Morgan fingerprint density at radius 2 is 2.10 bits per heavy atom. The highest BCUT2D eigenvalue weighted by Crippen LogP contribution is 2.24. The van der Waals surface area contributed by atoms with Crippen LogP contribution in [0.15, 0.2) is 0 Å². The smallest absolute Gasteiger partial charge is 0.00862 e. The fourth-order valence-electron chi connectivity index (χ4n) is 0.736. The number of unbranched alkanes of at least 4 members (excludes halogenated alkanes) is 1. The minimum atomic E-state index is 0.414. The zero-order valence-corrected chi connectivity index (χ0v) is 8.37. The molecule has 0 spiro atoms. The summed E-state index contributed by atoms with van der Waals surface area (Å²) in [5, 5.41) is 1.06. The Labute approximate surface area is 72.5 Å². The molecular formula is C9H15Br. The molecule has 10 heavy (non-hydrogen) atoms. The van der Waals surface area contributed by atoms with E-state index in [1.54, 1.807) is 0 Å². The van der Waals surface area contributed by atoms with Gasteiger partial charge >= 0.3 is 0 Å². The molecule has 0 saturated carbocycles. The molecule has 1 heteroatoms. The van der Waals surface area contributed by atoms with E-state index in [1.165, 1.54) is 6.42 Å². The highest BCUT2D eigenvalue weighted by molar-refractivity contribution is 9.09. The van der Waals surface area contributed by atoms with Crippen molar-refractivity contribution >= 4 is 15.9 Å². The molecule has 0 aromatic rings. The molecule has 0 aromatic carbocycles. The molecular weight excluding hydrogens is 188 g/mol. The number of rotatable bonds is 4. The predicted molar refractivity (Wildman–Crippen MR) is 50.3 cm³/mol. The molecule has 0 heterocycles. The third kappa shape index (κ3) is 4.88. The molecule has 0 bridgehead atoms. The zero-order valence-electron chi connectivity index (χ0n) is 6.78.